The summed E-state index contributed by atoms with van der Waals surface area (Å²) in [5.74, 6) is -2.97. The number of phenols is 1. The summed E-state index contributed by atoms with van der Waals surface area (Å²) in [4.78, 5) is 26.8. The van der Waals surface area contributed by atoms with Gasteiger partial charge in [0.05, 0.1) is 41.7 Å². The van der Waals surface area contributed by atoms with Crippen molar-refractivity contribution in [3.63, 3.8) is 0 Å². The van der Waals surface area contributed by atoms with Crippen molar-refractivity contribution in [1.82, 2.24) is 0 Å². The van der Waals surface area contributed by atoms with Crippen molar-refractivity contribution in [2.75, 3.05) is 20.3 Å². The van der Waals surface area contributed by atoms with Gasteiger partial charge in [-0.05, 0) is 92.0 Å². The fraction of sp³-hybridized carbons (Fsp3) is 0.667. The van der Waals surface area contributed by atoms with Crippen LogP contribution in [0.4, 0.5) is 0 Å². The van der Waals surface area contributed by atoms with Gasteiger partial charge in [0.15, 0.2) is 6.10 Å². The number of methoxy groups -OCH3 is 1. The Balaban J connectivity index is 1.69. The molecule has 0 bridgehead atoms. The molecule has 2 aromatic carbocycles. The smallest absolute Gasteiger partial charge is 0.338 e. The molecule has 0 aromatic heterocycles. The Labute approximate surface area is 335 Å². The molecule has 322 valence electrons. The van der Waals surface area contributed by atoms with Crippen LogP contribution < -0.4 is 0 Å². The fourth-order valence-corrected chi connectivity index (χ4v) is 6.52. The molecule has 1 saturated heterocycles. The number of carbonyl (C=O) groups is 2. The fourth-order valence-electron chi connectivity index (χ4n) is 6.52. The third-order valence-electron chi connectivity index (χ3n) is 9.97. The molecule has 0 amide bonds. The lowest BCUT2D eigenvalue weighted by atomic mass is 9.82. The molecule has 0 aliphatic carbocycles. The van der Waals surface area contributed by atoms with Gasteiger partial charge >= 0.3 is 11.9 Å². The minimum absolute atomic E-state index is 0.0253. The zero-order chi connectivity index (χ0) is 42.9. The molecule has 9 atom stereocenters. The average Bonchev–Trinajstić information content (AvgIpc) is 3.13. The number of benzene rings is 2. The second kappa shape index (κ2) is 20.2. The van der Waals surface area contributed by atoms with Gasteiger partial charge in [-0.3, -0.25) is 4.79 Å². The second-order valence-corrected chi connectivity index (χ2v) is 17.1. The first-order valence-electron chi connectivity index (χ1n) is 19.1. The summed E-state index contributed by atoms with van der Waals surface area (Å²) >= 11 is 0. The van der Waals surface area contributed by atoms with E-state index in [1.54, 1.807) is 98.7 Å². The number of rotatable bonds is 20. The van der Waals surface area contributed by atoms with Gasteiger partial charge in [0, 0.05) is 7.11 Å². The topological polar surface area (TPSA) is 220 Å². The monoisotopic (exact) mass is 808 g/mol. The SMILES string of the molecule is COC(C)(C)C(C(=O)OCc1ccccc1)C(O)C(O)[C@@H](CO)OC(C)(C)CCOC(C)(C)C1OC(C(=O)OCc2ccc(O)cc2)[C@@H](OC(C)(C)C)C(O)C1O. The van der Waals surface area contributed by atoms with Gasteiger partial charge in [0.2, 0.25) is 0 Å². The number of ether oxygens (including phenoxy) is 7. The third kappa shape index (κ3) is 13.7. The van der Waals surface area contributed by atoms with Gasteiger partial charge in [-0.15, -0.1) is 0 Å². The van der Waals surface area contributed by atoms with E-state index in [0.29, 0.717) is 5.56 Å². The van der Waals surface area contributed by atoms with Crippen molar-refractivity contribution >= 4 is 11.9 Å². The van der Waals surface area contributed by atoms with Gasteiger partial charge in [0.25, 0.3) is 0 Å². The molecular formula is C42H64O15. The maximum atomic E-state index is 13.5. The zero-order valence-electron chi connectivity index (χ0n) is 34.8. The summed E-state index contributed by atoms with van der Waals surface area (Å²) in [5, 5.41) is 65.1. The largest absolute Gasteiger partial charge is 0.508 e. The molecule has 15 heteroatoms. The van der Waals surface area contributed by atoms with Crippen molar-refractivity contribution in [3.8, 4) is 5.75 Å². The Hall–Kier alpha value is -3.22. The third-order valence-corrected chi connectivity index (χ3v) is 9.97. The van der Waals surface area contributed by atoms with Crippen LogP contribution in [-0.2, 0) is 56.0 Å². The number of hydrogen-bond donors (Lipinski definition) is 6. The Morgan fingerprint density at radius 3 is 1.95 bits per heavy atom. The Morgan fingerprint density at radius 2 is 1.39 bits per heavy atom. The minimum atomic E-state index is -1.77. The number of esters is 2. The minimum Gasteiger partial charge on any atom is -0.508 e. The highest BCUT2D eigenvalue weighted by Gasteiger charge is 2.55. The molecule has 0 spiro atoms. The van der Waals surface area contributed by atoms with Gasteiger partial charge < -0.3 is 63.8 Å². The van der Waals surface area contributed by atoms with Crippen LogP contribution in [0.3, 0.4) is 0 Å². The molecule has 57 heavy (non-hydrogen) atoms. The lowest BCUT2D eigenvalue weighted by molar-refractivity contribution is -0.287. The molecule has 6 N–H and O–H groups in total. The van der Waals surface area contributed by atoms with E-state index in [-0.39, 0.29) is 32.0 Å². The van der Waals surface area contributed by atoms with Gasteiger partial charge in [-0.25, -0.2) is 4.79 Å². The molecule has 1 aliphatic rings. The summed E-state index contributed by atoms with van der Waals surface area (Å²) in [6.07, 6.45) is -11.8. The standard InChI is InChI=1S/C42H64O15/c1-39(2,3)57-34-32(47)33(48)36(55-35(34)38(50)53-24-26-16-18-27(44)19-17-26)42(8,9)54-21-20-40(4,5)56-28(22-43)30(45)31(46)29(41(6,7)51-10)37(49)52-23-25-14-12-11-13-15-25/h11-19,28-36,43-48H,20-24H2,1-10H3/t28-,29?,30?,31?,32?,33?,34+,35?,36?/m1/s1. The van der Waals surface area contributed by atoms with Crippen LogP contribution >= 0.6 is 0 Å². The summed E-state index contributed by atoms with van der Waals surface area (Å²) in [6, 6.07) is 15.1. The van der Waals surface area contributed by atoms with Crippen molar-refractivity contribution in [3.05, 3.63) is 65.7 Å². The lowest BCUT2D eigenvalue weighted by Gasteiger charge is -2.48. The quantitative estimate of drug-likeness (QED) is 0.106. The molecule has 1 heterocycles. The maximum absolute atomic E-state index is 13.5. The van der Waals surface area contributed by atoms with Crippen molar-refractivity contribution in [1.29, 1.82) is 0 Å². The first kappa shape index (κ1) is 48.2. The number of aliphatic hydroxyl groups excluding tert-OH is 5. The van der Waals surface area contributed by atoms with Crippen LogP contribution in [0.25, 0.3) is 0 Å². The molecule has 15 nitrogen and oxygen atoms in total. The molecule has 0 radical (unpaired) electrons. The molecule has 7 unspecified atom stereocenters. The average molecular weight is 809 g/mol. The van der Waals surface area contributed by atoms with E-state index in [1.165, 1.54) is 19.2 Å². The van der Waals surface area contributed by atoms with Crippen LogP contribution in [0.15, 0.2) is 54.6 Å². The first-order chi connectivity index (χ1) is 26.4. The zero-order valence-corrected chi connectivity index (χ0v) is 34.8. The number of aromatic hydroxyl groups is 1. The van der Waals surface area contributed by atoms with Crippen LogP contribution in [0.5, 0.6) is 5.75 Å². The number of phenolic OH excluding ortho intramolecular Hbond substituents is 1. The highest BCUT2D eigenvalue weighted by atomic mass is 16.6. The molecule has 2 aromatic rings. The Bertz CT molecular complexity index is 1540. The van der Waals surface area contributed by atoms with Crippen molar-refractivity contribution in [2.45, 2.75) is 153 Å². The highest BCUT2D eigenvalue weighted by molar-refractivity contribution is 5.76. The number of aliphatic hydroxyl groups is 5. The summed E-state index contributed by atoms with van der Waals surface area (Å²) in [6.45, 7) is 14.0. The predicted octanol–water partition coefficient (Wildman–Crippen LogP) is 2.96. The summed E-state index contributed by atoms with van der Waals surface area (Å²) < 4.78 is 41.0. The van der Waals surface area contributed by atoms with Gasteiger partial charge in [-0.1, -0.05) is 42.5 Å². The van der Waals surface area contributed by atoms with E-state index < -0.39 is 95.7 Å². The van der Waals surface area contributed by atoms with E-state index in [4.69, 9.17) is 33.2 Å². The Kier molecular flexibility index (Phi) is 17.0. The number of carbonyl (C=O) groups excluding carboxylic acids is 2. The molecular weight excluding hydrogens is 744 g/mol. The van der Waals surface area contributed by atoms with E-state index in [0.717, 1.165) is 5.56 Å². The van der Waals surface area contributed by atoms with Gasteiger partial charge in [-0.2, -0.15) is 0 Å². The molecule has 0 saturated carbocycles. The van der Waals surface area contributed by atoms with Gasteiger partial charge in [0.1, 0.15) is 61.5 Å². The van der Waals surface area contributed by atoms with Crippen molar-refractivity contribution in [2.24, 2.45) is 5.92 Å². The summed E-state index contributed by atoms with van der Waals surface area (Å²) in [7, 11) is 1.36. The maximum Gasteiger partial charge on any atom is 0.338 e. The Morgan fingerprint density at radius 1 is 0.807 bits per heavy atom. The molecule has 3 rings (SSSR count). The molecule has 1 fully saturated rings. The lowest BCUT2D eigenvalue weighted by Crippen LogP contribution is -2.66. The first-order valence-corrected chi connectivity index (χ1v) is 19.1. The predicted molar refractivity (Wildman–Crippen MR) is 207 cm³/mol. The van der Waals surface area contributed by atoms with E-state index >= 15 is 0 Å². The van der Waals surface area contributed by atoms with E-state index in [1.807, 2.05) is 6.07 Å². The molecule has 1 aliphatic heterocycles. The normalized spacial score (nSPS) is 23.0. The highest BCUT2D eigenvalue weighted by Crippen LogP contribution is 2.35. The van der Waals surface area contributed by atoms with E-state index in [2.05, 4.69) is 0 Å². The number of hydrogen-bond acceptors (Lipinski definition) is 15. The second-order valence-electron chi connectivity index (χ2n) is 17.1. The van der Waals surface area contributed by atoms with E-state index in [9.17, 15) is 40.2 Å². The summed E-state index contributed by atoms with van der Waals surface area (Å²) in [5.41, 5.74) is -3.21. The van der Waals surface area contributed by atoms with Crippen LogP contribution in [0.2, 0.25) is 0 Å². The van der Waals surface area contributed by atoms with Crippen molar-refractivity contribution < 1.29 is 73.4 Å². The van der Waals surface area contributed by atoms with Crippen LogP contribution in [0, 0.1) is 5.92 Å². The van der Waals surface area contributed by atoms with Crippen LogP contribution in [0.1, 0.15) is 79.9 Å². The van der Waals surface area contributed by atoms with Crippen LogP contribution in [-0.4, -0.2) is 134 Å².